The summed E-state index contributed by atoms with van der Waals surface area (Å²) in [4.78, 5) is 51.4. The highest BCUT2D eigenvalue weighted by Gasteiger charge is 2.71. The third-order valence-electron chi connectivity index (χ3n) is 17.4. The average Bonchev–Trinajstić information content (AvgIpc) is 3.16. The van der Waals surface area contributed by atoms with Crippen LogP contribution in [0.4, 0.5) is 0 Å². The van der Waals surface area contributed by atoms with E-state index in [1.165, 1.54) is 0 Å². The highest BCUT2D eigenvalue weighted by Crippen LogP contribution is 2.75. The molecule has 9 N–H and O–H groups in total. The fraction of sp³-hybridized carbons (Fsp3) is 0.857. The number of carboxylic acid groups (broad SMARTS) is 3. The van der Waals surface area contributed by atoms with Crippen LogP contribution in [0, 0.1) is 50.2 Å². The van der Waals surface area contributed by atoms with Crippen molar-refractivity contribution in [2.45, 2.75) is 167 Å². The SMILES string of the molecule is C[C@@]1(C(=O)O)CC[C@@]2(C)CC[C@@]3(C)C(=CC(=O)[C@H]4[C@]5(C)CC[C@@H](O[C@H]6O[C@@H](C(=O)O)[C@H](O)[C@@H](O)[C@@H]6O[C@H]6O[C@@H](C(=O)O)[C@@H](O)[C@@H](O)[C@@H]6O)[C@@](C)(CO)[C@H]5CC[C@@]43C)[C@@H]2C1. The van der Waals surface area contributed by atoms with Crippen molar-refractivity contribution in [1.82, 2.24) is 0 Å². The van der Waals surface area contributed by atoms with Crippen LogP contribution in [0.1, 0.15) is 99.3 Å². The lowest BCUT2D eigenvalue weighted by Gasteiger charge is -2.70. The van der Waals surface area contributed by atoms with Gasteiger partial charge in [-0.25, -0.2) is 9.59 Å². The van der Waals surface area contributed by atoms with E-state index >= 15 is 0 Å². The molecule has 0 aromatic carbocycles. The average molecular weight is 839 g/mol. The molecule has 20 atom stereocenters. The first kappa shape index (κ1) is 44.5. The molecule has 2 aliphatic heterocycles. The molecule has 59 heavy (non-hydrogen) atoms. The van der Waals surface area contributed by atoms with Crippen molar-refractivity contribution in [2.75, 3.05) is 6.61 Å². The molecule has 0 radical (unpaired) electrons. The Morgan fingerprint density at radius 1 is 0.729 bits per heavy atom. The summed E-state index contributed by atoms with van der Waals surface area (Å²) >= 11 is 0. The molecule has 7 rings (SSSR count). The van der Waals surface area contributed by atoms with Gasteiger partial charge in [-0.3, -0.25) is 9.59 Å². The zero-order valence-corrected chi connectivity index (χ0v) is 34.5. The Kier molecular flexibility index (Phi) is 11.1. The molecule has 7 aliphatic rings. The van der Waals surface area contributed by atoms with E-state index in [-0.39, 0.29) is 29.5 Å². The summed E-state index contributed by atoms with van der Waals surface area (Å²) in [6.07, 6.45) is -13.8. The summed E-state index contributed by atoms with van der Waals surface area (Å²) in [7, 11) is 0. The number of allylic oxidation sites excluding steroid dienone is 2. The fourth-order valence-electron chi connectivity index (χ4n) is 13.4. The third-order valence-corrected chi connectivity index (χ3v) is 17.4. The van der Waals surface area contributed by atoms with Crippen LogP contribution in [0.25, 0.3) is 0 Å². The van der Waals surface area contributed by atoms with Gasteiger partial charge in [0.2, 0.25) is 0 Å². The first-order chi connectivity index (χ1) is 27.3. The van der Waals surface area contributed by atoms with Crippen molar-refractivity contribution >= 4 is 23.7 Å². The summed E-state index contributed by atoms with van der Waals surface area (Å²) < 4.78 is 23.2. The second-order valence-corrected chi connectivity index (χ2v) is 20.5. The van der Waals surface area contributed by atoms with Gasteiger partial charge in [0.25, 0.3) is 0 Å². The van der Waals surface area contributed by atoms with E-state index in [4.69, 9.17) is 18.9 Å². The number of aliphatic hydroxyl groups excluding tert-OH is 6. The summed E-state index contributed by atoms with van der Waals surface area (Å²) in [6, 6.07) is 0. The fourth-order valence-corrected chi connectivity index (χ4v) is 13.4. The van der Waals surface area contributed by atoms with E-state index in [0.29, 0.717) is 32.1 Å². The van der Waals surface area contributed by atoms with Crippen molar-refractivity contribution in [3.05, 3.63) is 11.6 Å². The predicted molar refractivity (Wildman–Crippen MR) is 201 cm³/mol. The van der Waals surface area contributed by atoms with Crippen LogP contribution in [-0.2, 0) is 38.1 Å². The molecule has 6 fully saturated rings. The number of fused-ring (bicyclic) bond motifs is 7. The molecule has 17 heteroatoms. The van der Waals surface area contributed by atoms with E-state index in [1.807, 2.05) is 19.9 Å². The van der Waals surface area contributed by atoms with Crippen LogP contribution in [-0.4, -0.2) is 144 Å². The van der Waals surface area contributed by atoms with Gasteiger partial charge in [-0.05, 0) is 104 Å². The first-order valence-electron chi connectivity index (χ1n) is 20.9. The lowest BCUT2D eigenvalue weighted by atomic mass is 9.33. The number of aliphatic hydroxyl groups is 6. The predicted octanol–water partition coefficient (Wildman–Crippen LogP) is 1.22. The molecule has 4 saturated carbocycles. The number of aliphatic carboxylic acids is 3. The van der Waals surface area contributed by atoms with E-state index in [2.05, 4.69) is 27.7 Å². The quantitative estimate of drug-likeness (QED) is 0.155. The normalized spacial score (nSPS) is 53.5. The van der Waals surface area contributed by atoms with Gasteiger partial charge in [-0.2, -0.15) is 0 Å². The Hall–Kier alpha value is -2.58. The van der Waals surface area contributed by atoms with E-state index < -0.39 is 125 Å². The van der Waals surface area contributed by atoms with E-state index in [1.54, 1.807) is 0 Å². The third kappa shape index (κ3) is 6.46. The smallest absolute Gasteiger partial charge is 0.335 e. The maximum absolute atomic E-state index is 14.9. The molecule has 0 unspecified atom stereocenters. The van der Waals surface area contributed by atoms with Gasteiger partial charge in [0.15, 0.2) is 30.6 Å². The Morgan fingerprint density at radius 3 is 1.92 bits per heavy atom. The molecular formula is C42H62O17. The molecule has 5 aliphatic carbocycles. The largest absolute Gasteiger partial charge is 0.481 e. The minimum Gasteiger partial charge on any atom is -0.481 e. The Labute approximate surface area is 342 Å². The van der Waals surface area contributed by atoms with Crippen LogP contribution in [0.5, 0.6) is 0 Å². The Balaban J connectivity index is 1.19. The van der Waals surface area contributed by atoms with E-state index in [9.17, 15) is 65.1 Å². The van der Waals surface area contributed by atoms with Gasteiger partial charge in [-0.15, -0.1) is 0 Å². The Bertz CT molecular complexity index is 1750. The van der Waals surface area contributed by atoms with Gasteiger partial charge in [0.1, 0.15) is 36.6 Å². The standard InChI is InChI=1S/C42H62O17/c1-37-11-12-38(2,36(54)55)16-19(37)18-15-20(44)31-39(3)9-8-22(40(4,17-43)21(39)7-10-42(31,6)41(18,5)14-13-37)56-35-30(26(48)25(47)29(58-35)33(52)53)59-34-27(49)23(45)24(46)28(57-34)32(50)51/h15,19,21-31,34-35,43,45-49H,7-14,16-17H2,1-6H3,(H,50,51)(H,52,53)(H,54,55)/t19-,21-,22+,23+,24-,25+,26+,27-,28+,29+,30-,31-,34+,35-,37-,38+,39+,40-,41-,42-/m0/s1. The van der Waals surface area contributed by atoms with Crippen LogP contribution in [0.3, 0.4) is 0 Å². The van der Waals surface area contributed by atoms with Crippen LogP contribution in [0.15, 0.2) is 11.6 Å². The van der Waals surface area contributed by atoms with Gasteiger partial charge in [0, 0.05) is 11.3 Å². The number of ether oxygens (including phenoxy) is 4. The molecule has 0 aromatic heterocycles. The van der Waals surface area contributed by atoms with Crippen LogP contribution in [0.2, 0.25) is 0 Å². The Morgan fingerprint density at radius 2 is 1.32 bits per heavy atom. The number of hydrogen-bond acceptors (Lipinski definition) is 14. The topological polar surface area (TPSA) is 287 Å². The van der Waals surface area contributed by atoms with Crippen LogP contribution < -0.4 is 0 Å². The molecule has 332 valence electrons. The molecule has 0 aromatic rings. The number of hydrogen-bond donors (Lipinski definition) is 9. The van der Waals surface area contributed by atoms with Gasteiger partial charge in [-0.1, -0.05) is 40.2 Å². The molecule has 2 heterocycles. The van der Waals surface area contributed by atoms with Crippen LogP contribution >= 0.6 is 0 Å². The highest BCUT2D eigenvalue weighted by atomic mass is 16.8. The van der Waals surface area contributed by atoms with Crippen molar-refractivity contribution in [3.8, 4) is 0 Å². The first-order valence-corrected chi connectivity index (χ1v) is 20.9. The lowest BCUT2D eigenvalue weighted by molar-refractivity contribution is -0.372. The molecular weight excluding hydrogens is 776 g/mol. The van der Waals surface area contributed by atoms with Crippen molar-refractivity contribution < 1.29 is 84.1 Å². The molecule has 0 spiro atoms. The van der Waals surface area contributed by atoms with E-state index in [0.717, 1.165) is 24.8 Å². The summed E-state index contributed by atoms with van der Waals surface area (Å²) in [6.45, 7) is 12.0. The maximum atomic E-state index is 14.9. The lowest BCUT2D eigenvalue weighted by Crippen LogP contribution is -2.69. The zero-order valence-electron chi connectivity index (χ0n) is 34.5. The second-order valence-electron chi connectivity index (χ2n) is 20.5. The maximum Gasteiger partial charge on any atom is 0.335 e. The summed E-state index contributed by atoms with van der Waals surface area (Å²) in [5, 5.41) is 94.3. The second kappa shape index (κ2) is 14.8. The molecule has 0 amide bonds. The molecule has 2 saturated heterocycles. The highest BCUT2D eigenvalue weighted by molar-refractivity contribution is 5.95. The van der Waals surface area contributed by atoms with Gasteiger partial charge < -0.3 is 64.9 Å². The number of ketones is 1. The van der Waals surface area contributed by atoms with Crippen molar-refractivity contribution in [3.63, 3.8) is 0 Å². The molecule has 0 bridgehead atoms. The summed E-state index contributed by atoms with van der Waals surface area (Å²) in [5.74, 6) is -5.02. The zero-order chi connectivity index (χ0) is 43.6. The molecule has 17 nitrogen and oxygen atoms in total. The minimum absolute atomic E-state index is 0.0119. The number of carboxylic acids is 3. The minimum atomic E-state index is -2.10. The summed E-state index contributed by atoms with van der Waals surface area (Å²) in [5.41, 5.74) is -2.63. The van der Waals surface area contributed by atoms with Crippen molar-refractivity contribution in [2.24, 2.45) is 50.2 Å². The number of carbonyl (C=O) groups excluding carboxylic acids is 1. The number of carbonyl (C=O) groups is 4. The number of rotatable bonds is 8. The van der Waals surface area contributed by atoms with Gasteiger partial charge in [0.05, 0.1) is 18.1 Å². The van der Waals surface area contributed by atoms with Gasteiger partial charge >= 0.3 is 17.9 Å². The monoisotopic (exact) mass is 838 g/mol. The van der Waals surface area contributed by atoms with Crippen molar-refractivity contribution in [1.29, 1.82) is 0 Å².